The maximum atomic E-state index is 13.0. The molecule has 0 fully saturated rings. The first kappa shape index (κ1) is 15.7. The zero-order valence-corrected chi connectivity index (χ0v) is 14.7. The van der Waals surface area contributed by atoms with Crippen molar-refractivity contribution in [1.29, 1.82) is 0 Å². The number of fused-ring (bicyclic) bond motifs is 1. The Labute approximate surface area is 152 Å². The highest BCUT2D eigenvalue weighted by atomic mass is 35.5. The predicted molar refractivity (Wildman–Crippen MR) is 99.4 cm³/mol. The lowest BCUT2D eigenvalue weighted by atomic mass is 10.2. The van der Waals surface area contributed by atoms with Gasteiger partial charge in [-0.25, -0.2) is 10.1 Å². The van der Waals surface area contributed by atoms with Crippen molar-refractivity contribution in [3.05, 3.63) is 74.5 Å². The van der Waals surface area contributed by atoms with Gasteiger partial charge in [0.2, 0.25) is 4.77 Å². The van der Waals surface area contributed by atoms with E-state index in [0.717, 1.165) is 5.56 Å². The van der Waals surface area contributed by atoms with E-state index < -0.39 is 0 Å². The topological polar surface area (TPSA) is 68.5 Å². The molecule has 8 heteroatoms. The van der Waals surface area contributed by atoms with Crippen LogP contribution in [0.25, 0.3) is 22.3 Å². The van der Waals surface area contributed by atoms with Crippen LogP contribution in [0.3, 0.4) is 0 Å². The van der Waals surface area contributed by atoms with Crippen molar-refractivity contribution in [2.24, 2.45) is 0 Å². The number of aromatic amines is 1. The number of nitrogens with zero attached hydrogens (tertiary/aromatic N) is 4. The fraction of sp³-hybridized carbons (Fsp3) is 0.0588. The molecule has 4 rings (SSSR count). The smallest absolute Gasteiger partial charge is 0.267 e. The first-order valence-electron chi connectivity index (χ1n) is 7.48. The van der Waals surface area contributed by atoms with Gasteiger partial charge in [0.1, 0.15) is 5.82 Å². The summed E-state index contributed by atoms with van der Waals surface area (Å²) in [5.74, 6) is 1.01. The van der Waals surface area contributed by atoms with Crippen molar-refractivity contribution in [3.8, 4) is 11.4 Å². The third-order valence-corrected chi connectivity index (χ3v) is 4.38. The summed E-state index contributed by atoms with van der Waals surface area (Å²) < 4.78 is 3.28. The lowest BCUT2D eigenvalue weighted by molar-refractivity contribution is 0.596. The minimum atomic E-state index is -0.212. The van der Waals surface area contributed by atoms with Crippen LogP contribution in [0.4, 0.5) is 0 Å². The van der Waals surface area contributed by atoms with Crippen LogP contribution in [-0.2, 0) is 0 Å². The van der Waals surface area contributed by atoms with E-state index in [1.54, 1.807) is 35.9 Å². The first-order valence-corrected chi connectivity index (χ1v) is 8.27. The summed E-state index contributed by atoms with van der Waals surface area (Å²) in [7, 11) is 0. The minimum absolute atomic E-state index is 0.212. The molecule has 1 N–H and O–H groups in total. The molecule has 0 aliphatic rings. The molecule has 2 aromatic carbocycles. The molecule has 6 nitrogen and oxygen atoms in total. The summed E-state index contributed by atoms with van der Waals surface area (Å²) >= 11 is 11.3. The first-order chi connectivity index (χ1) is 12.1. The van der Waals surface area contributed by atoms with E-state index >= 15 is 0 Å². The zero-order chi connectivity index (χ0) is 17.6. The number of benzene rings is 2. The maximum Gasteiger partial charge on any atom is 0.280 e. The number of nitrogens with one attached hydrogen (secondary N) is 1. The van der Waals surface area contributed by atoms with Crippen molar-refractivity contribution in [2.45, 2.75) is 6.92 Å². The molecule has 2 aromatic heterocycles. The molecule has 25 heavy (non-hydrogen) atoms. The Morgan fingerprint density at radius 3 is 2.56 bits per heavy atom. The molecule has 0 radical (unpaired) electrons. The number of aromatic nitrogens is 5. The van der Waals surface area contributed by atoms with Crippen LogP contribution in [0.2, 0.25) is 5.02 Å². The number of hydrogen-bond acceptors (Lipinski definition) is 4. The van der Waals surface area contributed by atoms with Crippen molar-refractivity contribution in [3.63, 3.8) is 0 Å². The molecule has 124 valence electrons. The summed E-state index contributed by atoms with van der Waals surface area (Å²) in [5, 5.41) is 8.14. The van der Waals surface area contributed by atoms with Crippen molar-refractivity contribution in [1.82, 2.24) is 24.5 Å². The van der Waals surface area contributed by atoms with E-state index in [4.69, 9.17) is 23.8 Å². The Morgan fingerprint density at radius 1 is 1.08 bits per heavy atom. The second-order valence-electron chi connectivity index (χ2n) is 5.46. The van der Waals surface area contributed by atoms with Crippen molar-refractivity contribution < 1.29 is 0 Å². The minimum Gasteiger partial charge on any atom is -0.267 e. The van der Waals surface area contributed by atoms with Crippen LogP contribution in [0.15, 0.2) is 53.3 Å². The van der Waals surface area contributed by atoms with Gasteiger partial charge in [-0.15, -0.1) is 0 Å². The van der Waals surface area contributed by atoms with E-state index in [1.165, 1.54) is 4.68 Å². The highest BCUT2D eigenvalue weighted by Gasteiger charge is 2.16. The highest BCUT2D eigenvalue weighted by molar-refractivity contribution is 7.71. The fourth-order valence-electron chi connectivity index (χ4n) is 2.73. The Morgan fingerprint density at radius 2 is 1.80 bits per heavy atom. The second kappa shape index (κ2) is 5.94. The molecule has 0 unspecified atom stereocenters. The standard InChI is InChI=1S/C17H12ClN5OS/c1-10-19-14-5-3-2-4-13(14)16(24)22(10)23-15(20-21-17(23)25)11-6-8-12(18)9-7-11/h2-9H,1H3,(H,21,25). The van der Waals surface area contributed by atoms with Gasteiger partial charge in [-0.2, -0.15) is 14.5 Å². The lowest BCUT2D eigenvalue weighted by Crippen LogP contribution is -2.30. The lowest BCUT2D eigenvalue weighted by Gasteiger charge is -2.13. The Balaban J connectivity index is 2.05. The maximum absolute atomic E-state index is 13.0. The summed E-state index contributed by atoms with van der Waals surface area (Å²) in [4.78, 5) is 17.5. The van der Waals surface area contributed by atoms with E-state index in [-0.39, 0.29) is 5.56 Å². The molecule has 2 heterocycles. The van der Waals surface area contributed by atoms with Crippen LogP contribution in [0.5, 0.6) is 0 Å². The van der Waals surface area contributed by atoms with Crippen molar-refractivity contribution >= 4 is 34.7 Å². The van der Waals surface area contributed by atoms with Gasteiger partial charge in [0.05, 0.1) is 10.9 Å². The van der Waals surface area contributed by atoms with Gasteiger partial charge >= 0.3 is 0 Å². The van der Waals surface area contributed by atoms with Crippen molar-refractivity contribution in [2.75, 3.05) is 0 Å². The fourth-order valence-corrected chi connectivity index (χ4v) is 3.07. The van der Waals surface area contributed by atoms with Crippen LogP contribution < -0.4 is 5.56 Å². The molecule has 0 aliphatic heterocycles. The molecule has 0 amide bonds. The summed E-state index contributed by atoms with van der Waals surface area (Å²) in [6.07, 6.45) is 0. The number of halogens is 1. The van der Waals surface area contributed by atoms with Gasteiger partial charge in [-0.1, -0.05) is 23.7 Å². The van der Waals surface area contributed by atoms with Gasteiger partial charge < -0.3 is 0 Å². The van der Waals surface area contributed by atoms with Crippen LogP contribution in [-0.4, -0.2) is 24.5 Å². The number of hydrogen-bond donors (Lipinski definition) is 1. The molecule has 4 aromatic rings. The number of aryl methyl sites for hydroxylation is 1. The van der Waals surface area contributed by atoms with E-state index in [2.05, 4.69) is 15.2 Å². The largest absolute Gasteiger partial charge is 0.280 e. The van der Waals surface area contributed by atoms with Crippen LogP contribution in [0, 0.1) is 11.7 Å². The Kier molecular flexibility index (Phi) is 3.74. The van der Waals surface area contributed by atoms with Gasteiger partial charge in [0, 0.05) is 10.6 Å². The highest BCUT2D eigenvalue weighted by Crippen LogP contribution is 2.20. The zero-order valence-electron chi connectivity index (χ0n) is 13.1. The Bertz CT molecular complexity index is 1210. The SMILES string of the molecule is Cc1nc2ccccc2c(=O)n1-n1c(-c2ccc(Cl)cc2)n[nH]c1=S. The molecular formula is C17H12ClN5OS. The number of para-hydroxylation sites is 1. The summed E-state index contributed by atoms with van der Waals surface area (Å²) in [5.41, 5.74) is 1.20. The van der Waals surface area contributed by atoms with E-state index in [1.807, 2.05) is 24.3 Å². The molecule has 0 spiro atoms. The third-order valence-electron chi connectivity index (χ3n) is 3.87. The van der Waals surface area contributed by atoms with Crippen LogP contribution in [0.1, 0.15) is 5.82 Å². The predicted octanol–water partition coefficient (Wildman–Crippen LogP) is 3.59. The molecule has 0 saturated carbocycles. The third kappa shape index (κ3) is 2.57. The van der Waals surface area contributed by atoms with E-state index in [0.29, 0.717) is 32.3 Å². The summed E-state index contributed by atoms with van der Waals surface area (Å²) in [6, 6.07) is 14.4. The molecule has 0 atom stereocenters. The monoisotopic (exact) mass is 369 g/mol. The van der Waals surface area contributed by atoms with Gasteiger partial charge in [-0.3, -0.25) is 4.79 Å². The number of H-pyrrole nitrogens is 1. The average Bonchev–Trinajstić information content (AvgIpc) is 2.97. The summed E-state index contributed by atoms with van der Waals surface area (Å²) in [6.45, 7) is 1.76. The molecular weight excluding hydrogens is 358 g/mol. The van der Waals surface area contributed by atoms with Crippen LogP contribution >= 0.6 is 23.8 Å². The van der Waals surface area contributed by atoms with E-state index in [9.17, 15) is 4.79 Å². The van der Waals surface area contributed by atoms with Gasteiger partial charge in [-0.05, 0) is 55.5 Å². The normalized spacial score (nSPS) is 11.1. The van der Waals surface area contributed by atoms with Gasteiger partial charge in [0.25, 0.3) is 5.56 Å². The number of rotatable bonds is 2. The Hall–Kier alpha value is -2.77. The molecule has 0 saturated heterocycles. The average molecular weight is 370 g/mol. The van der Waals surface area contributed by atoms with Gasteiger partial charge in [0.15, 0.2) is 5.82 Å². The molecule has 0 aliphatic carbocycles. The quantitative estimate of drug-likeness (QED) is 0.548. The molecule has 0 bridgehead atoms. The second-order valence-corrected chi connectivity index (χ2v) is 6.29.